The molecule has 0 saturated carbocycles. The zero-order valence-corrected chi connectivity index (χ0v) is 11.3. The molecule has 6 nitrogen and oxygen atoms in total. The summed E-state index contributed by atoms with van der Waals surface area (Å²) in [6.45, 7) is 2.31. The maximum absolute atomic E-state index is 11.9. The number of carbonyl (C=O) groups is 1. The molecule has 6 heteroatoms. The van der Waals surface area contributed by atoms with Crippen molar-refractivity contribution in [1.29, 1.82) is 0 Å². The Balaban J connectivity index is 2.07. The minimum atomic E-state index is -0.257. The molecule has 2 aromatic rings. The van der Waals surface area contributed by atoms with Crippen LogP contribution in [0, 0.1) is 5.92 Å². The van der Waals surface area contributed by atoms with Crippen LogP contribution in [0.5, 0.6) is 0 Å². The topological polar surface area (TPSA) is 93.2 Å². The predicted octanol–water partition coefficient (Wildman–Crippen LogP) is 0.813. The van der Waals surface area contributed by atoms with Crippen molar-refractivity contribution in [2.75, 3.05) is 18.9 Å². The summed E-state index contributed by atoms with van der Waals surface area (Å²) in [6, 6.07) is 8.90. The van der Waals surface area contributed by atoms with Gasteiger partial charge in [-0.3, -0.25) is 4.79 Å². The van der Waals surface area contributed by atoms with Gasteiger partial charge >= 0.3 is 0 Å². The smallest absolute Gasteiger partial charge is 0.271 e. The Labute approximate surface area is 117 Å². The van der Waals surface area contributed by atoms with Crippen LogP contribution in [0.4, 0.5) is 5.69 Å². The molecule has 1 heterocycles. The Morgan fingerprint density at radius 1 is 1.50 bits per heavy atom. The monoisotopic (exact) mass is 274 g/mol. The van der Waals surface area contributed by atoms with Gasteiger partial charge in [-0.05, 0) is 30.2 Å². The number of rotatable bonds is 5. The average Bonchev–Trinajstić information content (AvgIpc) is 2.94. The van der Waals surface area contributed by atoms with Gasteiger partial charge in [-0.25, -0.2) is 4.68 Å². The minimum Gasteiger partial charge on any atom is -0.399 e. The number of nitrogen functional groups attached to an aromatic ring is 1. The second-order valence-electron chi connectivity index (χ2n) is 4.74. The molecule has 0 radical (unpaired) electrons. The Bertz CT molecular complexity index is 594. The zero-order chi connectivity index (χ0) is 14.5. The maximum Gasteiger partial charge on any atom is 0.271 e. The van der Waals surface area contributed by atoms with Crippen molar-refractivity contribution in [2.45, 2.75) is 6.92 Å². The molecule has 0 aliphatic heterocycles. The Kier molecular flexibility index (Phi) is 4.37. The van der Waals surface area contributed by atoms with Crippen LogP contribution < -0.4 is 11.1 Å². The molecule has 1 aromatic heterocycles. The van der Waals surface area contributed by atoms with Crippen LogP contribution >= 0.6 is 0 Å². The third-order valence-electron chi connectivity index (χ3n) is 2.88. The lowest BCUT2D eigenvalue weighted by Crippen LogP contribution is -2.29. The van der Waals surface area contributed by atoms with E-state index in [1.807, 2.05) is 19.1 Å². The lowest BCUT2D eigenvalue weighted by molar-refractivity contribution is 0.0937. The number of nitrogens with zero attached hydrogens (tertiary/aromatic N) is 2. The van der Waals surface area contributed by atoms with Crippen molar-refractivity contribution in [1.82, 2.24) is 15.1 Å². The van der Waals surface area contributed by atoms with E-state index in [1.54, 1.807) is 29.1 Å². The third kappa shape index (κ3) is 3.36. The molecule has 4 N–H and O–H groups in total. The summed E-state index contributed by atoms with van der Waals surface area (Å²) in [5.74, 6) is -0.233. The lowest BCUT2D eigenvalue weighted by atomic mass is 10.2. The van der Waals surface area contributed by atoms with Gasteiger partial charge in [0.2, 0.25) is 0 Å². The van der Waals surface area contributed by atoms with Crippen LogP contribution in [0.1, 0.15) is 17.4 Å². The van der Waals surface area contributed by atoms with Crippen molar-refractivity contribution in [3.8, 4) is 5.69 Å². The summed E-state index contributed by atoms with van der Waals surface area (Å²) in [4.78, 5) is 11.9. The SMILES string of the molecule is CC(CO)CNC(=O)c1ccn(-c2cccc(N)c2)n1. The van der Waals surface area contributed by atoms with Gasteiger partial charge in [-0.15, -0.1) is 0 Å². The van der Waals surface area contributed by atoms with E-state index in [2.05, 4.69) is 10.4 Å². The van der Waals surface area contributed by atoms with Crippen LogP contribution in [-0.2, 0) is 0 Å². The Morgan fingerprint density at radius 2 is 2.30 bits per heavy atom. The molecule has 1 atom stereocenters. The molecule has 0 spiro atoms. The second kappa shape index (κ2) is 6.21. The summed E-state index contributed by atoms with van der Waals surface area (Å²) in [5.41, 5.74) is 7.48. The quantitative estimate of drug-likeness (QED) is 0.703. The fourth-order valence-electron chi connectivity index (χ4n) is 1.68. The van der Waals surface area contributed by atoms with Crippen LogP contribution in [0.2, 0.25) is 0 Å². The van der Waals surface area contributed by atoms with Crippen molar-refractivity contribution < 1.29 is 9.90 Å². The molecule has 2 rings (SSSR count). The number of aromatic nitrogens is 2. The highest BCUT2D eigenvalue weighted by molar-refractivity contribution is 5.92. The Morgan fingerprint density at radius 3 is 3.00 bits per heavy atom. The van der Waals surface area contributed by atoms with Gasteiger partial charge in [0.1, 0.15) is 0 Å². The molecule has 0 fully saturated rings. The van der Waals surface area contributed by atoms with E-state index in [9.17, 15) is 4.79 Å². The first-order valence-corrected chi connectivity index (χ1v) is 6.41. The van der Waals surface area contributed by atoms with Gasteiger partial charge in [0.05, 0.1) is 5.69 Å². The van der Waals surface area contributed by atoms with E-state index in [1.165, 1.54) is 0 Å². The largest absolute Gasteiger partial charge is 0.399 e. The summed E-state index contributed by atoms with van der Waals surface area (Å²) in [5, 5.41) is 15.9. The number of hydrogen-bond donors (Lipinski definition) is 3. The normalized spacial score (nSPS) is 12.1. The van der Waals surface area contributed by atoms with E-state index in [4.69, 9.17) is 10.8 Å². The average molecular weight is 274 g/mol. The first kappa shape index (κ1) is 14.1. The molecular formula is C14H18N4O2. The molecule has 0 aliphatic rings. The molecule has 1 amide bonds. The van der Waals surface area contributed by atoms with Gasteiger partial charge in [0.25, 0.3) is 5.91 Å². The molecule has 1 unspecified atom stereocenters. The van der Waals surface area contributed by atoms with Gasteiger partial charge in [0.15, 0.2) is 5.69 Å². The van der Waals surface area contributed by atoms with E-state index in [-0.39, 0.29) is 18.4 Å². The van der Waals surface area contributed by atoms with Crippen LogP contribution in [0.3, 0.4) is 0 Å². The highest BCUT2D eigenvalue weighted by Gasteiger charge is 2.11. The number of aliphatic hydroxyl groups is 1. The summed E-state index contributed by atoms with van der Waals surface area (Å²) in [7, 11) is 0. The molecule has 0 aliphatic carbocycles. The van der Waals surface area contributed by atoms with Crippen molar-refractivity contribution >= 4 is 11.6 Å². The van der Waals surface area contributed by atoms with Crippen LogP contribution in [-0.4, -0.2) is 33.9 Å². The predicted molar refractivity (Wildman–Crippen MR) is 76.6 cm³/mol. The van der Waals surface area contributed by atoms with Crippen LogP contribution in [0.25, 0.3) is 5.69 Å². The van der Waals surface area contributed by atoms with Crippen molar-refractivity contribution in [2.24, 2.45) is 5.92 Å². The van der Waals surface area contributed by atoms with E-state index < -0.39 is 0 Å². The lowest BCUT2D eigenvalue weighted by Gasteiger charge is -2.08. The number of amides is 1. The number of hydrogen-bond acceptors (Lipinski definition) is 4. The summed E-state index contributed by atoms with van der Waals surface area (Å²) >= 11 is 0. The molecule has 20 heavy (non-hydrogen) atoms. The number of nitrogens with one attached hydrogen (secondary N) is 1. The number of carbonyl (C=O) groups excluding carboxylic acids is 1. The number of aliphatic hydroxyl groups excluding tert-OH is 1. The van der Waals surface area contributed by atoms with E-state index in [0.717, 1.165) is 5.69 Å². The minimum absolute atomic E-state index is 0.0231. The van der Waals surface area contributed by atoms with Gasteiger partial charge in [-0.1, -0.05) is 13.0 Å². The van der Waals surface area contributed by atoms with E-state index in [0.29, 0.717) is 17.9 Å². The fourth-order valence-corrected chi connectivity index (χ4v) is 1.68. The third-order valence-corrected chi connectivity index (χ3v) is 2.88. The zero-order valence-electron chi connectivity index (χ0n) is 11.3. The van der Waals surface area contributed by atoms with Crippen molar-refractivity contribution in [3.05, 3.63) is 42.2 Å². The molecule has 106 valence electrons. The molecule has 1 aromatic carbocycles. The molecule has 0 saturated heterocycles. The van der Waals surface area contributed by atoms with E-state index >= 15 is 0 Å². The second-order valence-corrected chi connectivity index (χ2v) is 4.74. The number of nitrogens with two attached hydrogens (primary N) is 1. The Hall–Kier alpha value is -2.34. The number of benzene rings is 1. The molecule has 0 bridgehead atoms. The summed E-state index contributed by atoms with van der Waals surface area (Å²) in [6.07, 6.45) is 1.71. The first-order valence-electron chi connectivity index (χ1n) is 6.41. The van der Waals surface area contributed by atoms with Crippen LogP contribution in [0.15, 0.2) is 36.5 Å². The first-order chi connectivity index (χ1) is 9.60. The van der Waals surface area contributed by atoms with Gasteiger partial charge < -0.3 is 16.2 Å². The van der Waals surface area contributed by atoms with Crippen molar-refractivity contribution in [3.63, 3.8) is 0 Å². The maximum atomic E-state index is 11.9. The summed E-state index contributed by atoms with van der Waals surface area (Å²) < 4.78 is 1.60. The van der Waals surface area contributed by atoms with Gasteiger partial charge in [0, 0.05) is 25.0 Å². The standard InChI is InChI=1S/C14H18N4O2/c1-10(9-19)8-16-14(20)13-5-6-18(17-13)12-4-2-3-11(15)7-12/h2-7,10,19H,8-9,15H2,1H3,(H,16,20). The highest BCUT2D eigenvalue weighted by Crippen LogP contribution is 2.11. The fraction of sp³-hybridized carbons (Fsp3) is 0.286. The van der Waals surface area contributed by atoms with Gasteiger partial charge in [-0.2, -0.15) is 5.10 Å². The number of anilines is 1. The molecular weight excluding hydrogens is 256 g/mol. The highest BCUT2D eigenvalue weighted by atomic mass is 16.3.